The zero-order valence-electron chi connectivity index (χ0n) is 16.7. The first-order chi connectivity index (χ1) is 14.5. The number of nitrogens with one attached hydrogen (secondary N) is 1. The molecule has 2 heterocycles. The number of halogens is 1. The van der Waals surface area contributed by atoms with Gasteiger partial charge >= 0.3 is 5.97 Å². The van der Waals surface area contributed by atoms with Gasteiger partial charge in [-0.15, -0.1) is 0 Å². The molecule has 0 bridgehead atoms. The Morgan fingerprint density at radius 3 is 2.60 bits per heavy atom. The number of carboxylic acid groups (broad SMARTS) is 1. The van der Waals surface area contributed by atoms with E-state index in [-0.39, 0.29) is 12.0 Å². The lowest BCUT2D eigenvalue weighted by Crippen LogP contribution is -2.31. The fourth-order valence-corrected chi connectivity index (χ4v) is 4.30. The van der Waals surface area contributed by atoms with E-state index in [0.717, 1.165) is 36.5 Å². The second-order valence-electron chi connectivity index (χ2n) is 7.82. The molecule has 1 fully saturated rings. The highest BCUT2D eigenvalue weighted by Gasteiger charge is 2.29. The van der Waals surface area contributed by atoms with Crippen molar-refractivity contribution in [2.75, 3.05) is 5.32 Å². The Kier molecular flexibility index (Phi) is 6.04. The van der Waals surface area contributed by atoms with Crippen molar-refractivity contribution in [3.63, 3.8) is 0 Å². The minimum atomic E-state index is -0.682. The molecule has 1 atom stereocenters. The highest BCUT2D eigenvalue weighted by atomic mass is 35.5. The molecule has 1 saturated carbocycles. The summed E-state index contributed by atoms with van der Waals surface area (Å²) >= 11 is 6.08. The van der Waals surface area contributed by atoms with Crippen molar-refractivity contribution in [1.29, 1.82) is 0 Å². The number of anilines is 1. The van der Waals surface area contributed by atoms with Crippen LogP contribution in [0.25, 0.3) is 10.8 Å². The predicted molar refractivity (Wildman–Crippen MR) is 117 cm³/mol. The van der Waals surface area contributed by atoms with Gasteiger partial charge in [-0.25, -0.2) is 9.97 Å². The third-order valence-corrected chi connectivity index (χ3v) is 6.08. The molecular formula is C23H24ClN3O3. The average Bonchev–Trinajstić information content (AvgIpc) is 2.74. The minimum Gasteiger partial charge on any atom is -0.481 e. The van der Waals surface area contributed by atoms with Gasteiger partial charge in [-0.3, -0.25) is 4.79 Å². The van der Waals surface area contributed by atoms with Crippen LogP contribution in [0.3, 0.4) is 0 Å². The number of aromatic nitrogens is 2. The number of carboxylic acids is 1. The van der Waals surface area contributed by atoms with Crippen LogP contribution in [0, 0.1) is 11.8 Å². The topological polar surface area (TPSA) is 84.3 Å². The van der Waals surface area contributed by atoms with Gasteiger partial charge in [0.1, 0.15) is 11.6 Å². The molecule has 3 aromatic rings. The van der Waals surface area contributed by atoms with Crippen molar-refractivity contribution in [2.24, 2.45) is 11.8 Å². The zero-order chi connectivity index (χ0) is 21.1. The van der Waals surface area contributed by atoms with Crippen LogP contribution in [0.1, 0.15) is 32.6 Å². The van der Waals surface area contributed by atoms with E-state index in [1.165, 1.54) is 0 Å². The Hall–Kier alpha value is -2.86. The lowest BCUT2D eigenvalue weighted by atomic mass is 9.79. The number of nitrogens with zero attached hydrogens (tertiary/aromatic N) is 2. The maximum absolute atomic E-state index is 11.2. The van der Waals surface area contributed by atoms with Crippen LogP contribution < -0.4 is 10.1 Å². The van der Waals surface area contributed by atoms with E-state index in [2.05, 4.69) is 22.2 Å². The standard InChI is InChI=1S/C23H24ClN3O3/c1-14(15-5-7-17(8-6-15)23(28)29)27-21-20-16(9-11-25-21)10-12-26-22(20)30-19-4-2-3-18(24)13-19/h2-4,9-15,17H,5-8H2,1H3,(H,25,27)(H,28,29)/t14-,15?,17?/m0/s1. The van der Waals surface area contributed by atoms with Crippen LogP contribution in [0.2, 0.25) is 5.02 Å². The van der Waals surface area contributed by atoms with Crippen molar-refractivity contribution in [3.05, 3.63) is 53.8 Å². The fourth-order valence-electron chi connectivity index (χ4n) is 4.12. The third-order valence-electron chi connectivity index (χ3n) is 5.85. The van der Waals surface area contributed by atoms with Crippen molar-refractivity contribution in [1.82, 2.24) is 9.97 Å². The number of carbonyl (C=O) groups is 1. The van der Waals surface area contributed by atoms with Gasteiger partial charge in [-0.2, -0.15) is 0 Å². The van der Waals surface area contributed by atoms with Gasteiger partial charge in [0, 0.05) is 23.5 Å². The molecule has 7 heteroatoms. The van der Waals surface area contributed by atoms with Gasteiger partial charge in [0.25, 0.3) is 0 Å². The lowest BCUT2D eigenvalue weighted by Gasteiger charge is -2.31. The van der Waals surface area contributed by atoms with Gasteiger partial charge in [-0.1, -0.05) is 17.7 Å². The van der Waals surface area contributed by atoms with Gasteiger partial charge in [0.2, 0.25) is 5.88 Å². The average molecular weight is 426 g/mol. The van der Waals surface area contributed by atoms with Crippen LogP contribution in [0.4, 0.5) is 5.82 Å². The molecule has 0 aliphatic heterocycles. The summed E-state index contributed by atoms with van der Waals surface area (Å²) in [6.45, 7) is 2.13. The lowest BCUT2D eigenvalue weighted by molar-refractivity contribution is -0.143. The summed E-state index contributed by atoms with van der Waals surface area (Å²) in [5.41, 5.74) is 0. The Labute approximate surface area is 180 Å². The summed E-state index contributed by atoms with van der Waals surface area (Å²) in [6.07, 6.45) is 6.70. The quantitative estimate of drug-likeness (QED) is 0.521. The number of hydrogen-bond acceptors (Lipinski definition) is 5. The zero-order valence-corrected chi connectivity index (χ0v) is 17.5. The first-order valence-corrected chi connectivity index (χ1v) is 10.6. The SMILES string of the molecule is C[C@H](Nc1nccc2ccnc(Oc3cccc(Cl)c3)c12)C1CCC(C(=O)O)CC1. The molecule has 6 nitrogen and oxygen atoms in total. The number of aliphatic carboxylic acids is 1. The molecule has 1 aliphatic rings. The largest absolute Gasteiger partial charge is 0.481 e. The Morgan fingerprint density at radius 2 is 1.90 bits per heavy atom. The molecule has 0 unspecified atom stereocenters. The predicted octanol–water partition coefficient (Wildman–Crippen LogP) is 5.77. The summed E-state index contributed by atoms with van der Waals surface area (Å²) in [5.74, 6) is 1.28. The first-order valence-electron chi connectivity index (χ1n) is 10.2. The molecule has 0 spiro atoms. The molecular weight excluding hydrogens is 402 g/mol. The molecule has 1 aromatic carbocycles. The summed E-state index contributed by atoms with van der Waals surface area (Å²) in [4.78, 5) is 20.2. The Morgan fingerprint density at radius 1 is 1.17 bits per heavy atom. The molecule has 2 N–H and O–H groups in total. The maximum Gasteiger partial charge on any atom is 0.306 e. The summed E-state index contributed by atoms with van der Waals surface area (Å²) in [7, 11) is 0. The molecule has 1 aliphatic carbocycles. The number of benzene rings is 1. The van der Waals surface area contributed by atoms with E-state index in [1.807, 2.05) is 24.3 Å². The second-order valence-corrected chi connectivity index (χ2v) is 8.25. The van der Waals surface area contributed by atoms with E-state index in [4.69, 9.17) is 16.3 Å². The monoisotopic (exact) mass is 425 g/mol. The van der Waals surface area contributed by atoms with Crippen molar-refractivity contribution in [2.45, 2.75) is 38.6 Å². The maximum atomic E-state index is 11.2. The Bertz CT molecular complexity index is 1050. The van der Waals surface area contributed by atoms with Crippen LogP contribution >= 0.6 is 11.6 Å². The number of fused-ring (bicyclic) bond motifs is 1. The van der Waals surface area contributed by atoms with Crippen molar-refractivity contribution in [3.8, 4) is 11.6 Å². The van der Waals surface area contributed by atoms with Gasteiger partial charge < -0.3 is 15.2 Å². The van der Waals surface area contributed by atoms with Gasteiger partial charge in [0.15, 0.2) is 0 Å². The normalized spacial score (nSPS) is 19.9. The summed E-state index contributed by atoms with van der Waals surface area (Å²) < 4.78 is 6.04. The molecule has 30 heavy (non-hydrogen) atoms. The molecule has 156 valence electrons. The van der Waals surface area contributed by atoms with Crippen LogP contribution in [-0.2, 0) is 4.79 Å². The van der Waals surface area contributed by atoms with E-state index >= 15 is 0 Å². The van der Waals surface area contributed by atoms with E-state index in [9.17, 15) is 9.90 Å². The number of ether oxygens (including phenoxy) is 1. The number of rotatable bonds is 6. The summed E-state index contributed by atoms with van der Waals surface area (Å²) in [5, 5.41) is 15.1. The van der Waals surface area contributed by atoms with Crippen molar-refractivity contribution < 1.29 is 14.6 Å². The molecule has 0 radical (unpaired) electrons. The minimum absolute atomic E-state index is 0.150. The molecule has 4 rings (SSSR count). The number of pyridine rings is 2. The van der Waals surface area contributed by atoms with E-state index in [0.29, 0.717) is 28.4 Å². The highest BCUT2D eigenvalue weighted by molar-refractivity contribution is 6.30. The van der Waals surface area contributed by atoms with Crippen molar-refractivity contribution >= 4 is 34.2 Å². The molecule has 2 aromatic heterocycles. The van der Waals surface area contributed by atoms with E-state index < -0.39 is 5.97 Å². The van der Waals surface area contributed by atoms with Gasteiger partial charge in [-0.05, 0) is 74.2 Å². The second kappa shape index (κ2) is 8.88. The highest BCUT2D eigenvalue weighted by Crippen LogP contribution is 2.36. The smallest absolute Gasteiger partial charge is 0.306 e. The fraction of sp³-hybridized carbons (Fsp3) is 0.348. The van der Waals surface area contributed by atoms with Crippen LogP contribution in [0.5, 0.6) is 11.6 Å². The molecule has 0 amide bonds. The Balaban J connectivity index is 1.57. The van der Waals surface area contributed by atoms with Crippen LogP contribution in [-0.4, -0.2) is 27.1 Å². The first kappa shape index (κ1) is 20.4. The van der Waals surface area contributed by atoms with Gasteiger partial charge in [0.05, 0.1) is 11.3 Å². The number of hydrogen-bond donors (Lipinski definition) is 2. The molecule has 0 saturated heterocycles. The third kappa shape index (κ3) is 4.49. The van der Waals surface area contributed by atoms with Crippen LogP contribution in [0.15, 0.2) is 48.8 Å². The summed E-state index contributed by atoms with van der Waals surface area (Å²) in [6, 6.07) is 11.2. The van der Waals surface area contributed by atoms with E-state index in [1.54, 1.807) is 24.5 Å².